The maximum atomic E-state index is 13.3. The van der Waals surface area contributed by atoms with Gasteiger partial charge in [-0.15, -0.1) is 0 Å². The van der Waals surface area contributed by atoms with Gasteiger partial charge in [-0.05, 0) is 36.5 Å². The molecule has 20 heavy (non-hydrogen) atoms. The second-order valence-corrected chi connectivity index (χ2v) is 5.91. The average molecular weight is 279 g/mol. The van der Waals surface area contributed by atoms with Gasteiger partial charge in [0.25, 0.3) is 0 Å². The van der Waals surface area contributed by atoms with Gasteiger partial charge in [0.2, 0.25) is 0 Å². The van der Waals surface area contributed by atoms with E-state index in [-0.39, 0.29) is 5.78 Å². The first-order chi connectivity index (χ1) is 9.49. The number of carbonyl (C=O) groups excluding carboxylic acids is 1. The fraction of sp³-hybridized carbons (Fsp3) is 0.562. The first-order valence-corrected chi connectivity index (χ1v) is 7.08. The molecule has 0 N–H and O–H groups in total. The lowest BCUT2D eigenvalue weighted by Gasteiger charge is -2.34. The van der Waals surface area contributed by atoms with Crippen LogP contribution in [0.1, 0.15) is 30.6 Å². The molecule has 1 aliphatic heterocycles. The van der Waals surface area contributed by atoms with Crippen LogP contribution in [0.5, 0.6) is 5.75 Å². The third kappa shape index (κ3) is 3.57. The van der Waals surface area contributed by atoms with E-state index in [0.717, 1.165) is 13.1 Å². The highest BCUT2D eigenvalue weighted by Gasteiger charge is 2.24. The van der Waals surface area contributed by atoms with Crippen LogP contribution < -0.4 is 4.74 Å². The number of piperidine rings is 1. The molecule has 1 heterocycles. The molecule has 1 aliphatic rings. The van der Waals surface area contributed by atoms with E-state index >= 15 is 0 Å². The van der Waals surface area contributed by atoms with Gasteiger partial charge >= 0.3 is 0 Å². The van der Waals surface area contributed by atoms with Crippen LogP contribution in [0, 0.1) is 17.7 Å². The number of ketones is 1. The lowest BCUT2D eigenvalue weighted by Crippen LogP contribution is -2.41. The summed E-state index contributed by atoms with van der Waals surface area (Å²) in [6.45, 7) is 6.59. The minimum absolute atomic E-state index is 0.0809. The number of halogens is 1. The van der Waals surface area contributed by atoms with Crippen LogP contribution in [-0.4, -0.2) is 37.4 Å². The standard InChI is InChI=1S/C16H22FNO2/c1-11-6-12(2)9-18(8-11)10-15(19)14-7-13(17)4-5-16(14)20-3/h4-5,7,11-12H,6,8-10H2,1-3H3. The Kier molecular flexibility index (Phi) is 4.76. The Morgan fingerprint density at radius 2 is 2.00 bits per heavy atom. The minimum atomic E-state index is -0.408. The highest BCUT2D eigenvalue weighted by atomic mass is 19.1. The molecule has 0 radical (unpaired) electrons. The van der Waals surface area contributed by atoms with Gasteiger partial charge in [0.05, 0.1) is 19.2 Å². The number of rotatable bonds is 4. The summed E-state index contributed by atoms with van der Waals surface area (Å²) in [6.07, 6.45) is 1.20. The highest BCUT2D eigenvalue weighted by Crippen LogP contribution is 2.23. The Balaban J connectivity index is 2.10. The zero-order chi connectivity index (χ0) is 14.7. The zero-order valence-electron chi connectivity index (χ0n) is 12.4. The Labute approximate surface area is 119 Å². The van der Waals surface area contributed by atoms with Crippen LogP contribution >= 0.6 is 0 Å². The van der Waals surface area contributed by atoms with Gasteiger partial charge in [0.15, 0.2) is 5.78 Å². The molecule has 1 saturated heterocycles. The molecule has 0 amide bonds. The maximum absolute atomic E-state index is 13.3. The number of carbonyl (C=O) groups is 1. The van der Waals surface area contributed by atoms with E-state index in [1.165, 1.54) is 31.7 Å². The molecule has 2 atom stereocenters. The number of likely N-dealkylation sites (tertiary alicyclic amines) is 1. The molecule has 1 aromatic rings. The molecule has 0 saturated carbocycles. The van der Waals surface area contributed by atoms with Crippen molar-refractivity contribution < 1.29 is 13.9 Å². The summed E-state index contributed by atoms with van der Waals surface area (Å²) in [4.78, 5) is 14.5. The van der Waals surface area contributed by atoms with Crippen molar-refractivity contribution in [3.63, 3.8) is 0 Å². The van der Waals surface area contributed by atoms with Crippen LogP contribution in [-0.2, 0) is 0 Å². The number of methoxy groups -OCH3 is 1. The van der Waals surface area contributed by atoms with Crippen LogP contribution in [0.4, 0.5) is 4.39 Å². The summed E-state index contributed by atoms with van der Waals surface area (Å²) >= 11 is 0. The van der Waals surface area contributed by atoms with Crippen molar-refractivity contribution in [3.8, 4) is 5.75 Å². The van der Waals surface area contributed by atoms with E-state index in [2.05, 4.69) is 18.7 Å². The number of Topliss-reactive ketones (excluding diaryl/α,β-unsaturated/α-hetero) is 1. The van der Waals surface area contributed by atoms with Crippen molar-refractivity contribution in [2.45, 2.75) is 20.3 Å². The van der Waals surface area contributed by atoms with Crippen molar-refractivity contribution >= 4 is 5.78 Å². The van der Waals surface area contributed by atoms with Crippen LogP contribution in [0.15, 0.2) is 18.2 Å². The van der Waals surface area contributed by atoms with Gasteiger partial charge in [-0.1, -0.05) is 13.8 Å². The predicted octanol–water partition coefficient (Wildman–Crippen LogP) is 2.99. The monoisotopic (exact) mass is 279 g/mol. The van der Waals surface area contributed by atoms with Gasteiger partial charge < -0.3 is 4.74 Å². The molecule has 2 unspecified atom stereocenters. The van der Waals surface area contributed by atoms with Gasteiger partial charge in [-0.2, -0.15) is 0 Å². The number of ether oxygens (including phenoxy) is 1. The molecular formula is C16H22FNO2. The number of hydrogen-bond acceptors (Lipinski definition) is 3. The van der Waals surface area contributed by atoms with E-state index in [1.807, 2.05) is 0 Å². The van der Waals surface area contributed by atoms with Gasteiger partial charge in [0.1, 0.15) is 11.6 Å². The summed E-state index contributed by atoms with van der Waals surface area (Å²) in [7, 11) is 1.50. The summed E-state index contributed by atoms with van der Waals surface area (Å²) < 4.78 is 18.5. The fourth-order valence-electron chi connectivity index (χ4n) is 3.11. The molecular weight excluding hydrogens is 257 g/mol. The summed E-state index contributed by atoms with van der Waals surface area (Å²) in [5, 5.41) is 0. The SMILES string of the molecule is COc1ccc(F)cc1C(=O)CN1CC(C)CC(C)C1. The highest BCUT2D eigenvalue weighted by molar-refractivity contribution is 6.00. The van der Waals surface area contributed by atoms with Crippen molar-refractivity contribution in [1.82, 2.24) is 4.90 Å². The van der Waals surface area contributed by atoms with Crippen molar-refractivity contribution in [2.75, 3.05) is 26.7 Å². The van der Waals surface area contributed by atoms with Gasteiger partial charge in [-0.3, -0.25) is 9.69 Å². The van der Waals surface area contributed by atoms with E-state index < -0.39 is 5.82 Å². The smallest absolute Gasteiger partial charge is 0.180 e. The fourth-order valence-corrected chi connectivity index (χ4v) is 3.11. The van der Waals surface area contributed by atoms with E-state index in [9.17, 15) is 9.18 Å². The van der Waals surface area contributed by atoms with Crippen LogP contribution in [0.25, 0.3) is 0 Å². The number of benzene rings is 1. The quantitative estimate of drug-likeness (QED) is 0.794. The first-order valence-electron chi connectivity index (χ1n) is 7.08. The molecule has 0 aromatic heterocycles. The minimum Gasteiger partial charge on any atom is -0.496 e. The second kappa shape index (κ2) is 6.35. The van der Waals surface area contributed by atoms with Crippen molar-refractivity contribution in [3.05, 3.63) is 29.6 Å². The summed E-state index contributed by atoms with van der Waals surface area (Å²) in [6, 6.07) is 4.07. The maximum Gasteiger partial charge on any atom is 0.180 e. The zero-order valence-corrected chi connectivity index (χ0v) is 12.4. The molecule has 0 spiro atoms. The average Bonchev–Trinajstić information content (AvgIpc) is 2.37. The molecule has 2 rings (SSSR count). The Bertz CT molecular complexity index is 479. The Morgan fingerprint density at radius 1 is 1.35 bits per heavy atom. The molecule has 110 valence electrons. The normalized spacial score (nSPS) is 23.6. The van der Waals surface area contributed by atoms with E-state index in [0.29, 0.717) is 29.7 Å². The Hall–Kier alpha value is -1.42. The number of nitrogens with zero attached hydrogens (tertiary/aromatic N) is 1. The first kappa shape index (κ1) is 15.0. The molecule has 0 bridgehead atoms. The predicted molar refractivity (Wildman–Crippen MR) is 76.7 cm³/mol. The number of hydrogen-bond donors (Lipinski definition) is 0. The topological polar surface area (TPSA) is 29.5 Å². The van der Waals surface area contributed by atoms with Gasteiger partial charge in [-0.25, -0.2) is 4.39 Å². The lowest BCUT2D eigenvalue weighted by atomic mass is 9.91. The van der Waals surface area contributed by atoms with Crippen LogP contribution in [0.2, 0.25) is 0 Å². The molecule has 1 fully saturated rings. The van der Waals surface area contributed by atoms with Crippen LogP contribution in [0.3, 0.4) is 0 Å². The largest absolute Gasteiger partial charge is 0.496 e. The summed E-state index contributed by atoms with van der Waals surface area (Å²) in [5.74, 6) is 1.15. The molecule has 1 aromatic carbocycles. The summed E-state index contributed by atoms with van der Waals surface area (Å²) in [5.41, 5.74) is 0.332. The van der Waals surface area contributed by atoms with E-state index in [4.69, 9.17) is 4.74 Å². The van der Waals surface area contributed by atoms with Gasteiger partial charge in [0, 0.05) is 13.1 Å². The Morgan fingerprint density at radius 3 is 2.60 bits per heavy atom. The molecule has 3 nitrogen and oxygen atoms in total. The van der Waals surface area contributed by atoms with E-state index in [1.54, 1.807) is 0 Å². The molecule has 0 aliphatic carbocycles. The van der Waals surface area contributed by atoms with Crippen molar-refractivity contribution in [2.24, 2.45) is 11.8 Å². The van der Waals surface area contributed by atoms with Crippen molar-refractivity contribution in [1.29, 1.82) is 0 Å². The molecule has 4 heteroatoms. The third-order valence-electron chi connectivity index (χ3n) is 3.77. The second-order valence-electron chi connectivity index (χ2n) is 5.91. The third-order valence-corrected chi connectivity index (χ3v) is 3.77. The lowest BCUT2D eigenvalue weighted by molar-refractivity contribution is 0.0846.